The Morgan fingerprint density at radius 1 is 1.10 bits per heavy atom. The molecule has 0 radical (unpaired) electrons. The minimum Gasteiger partial charge on any atom is -0.378 e. The molecule has 2 fully saturated rings. The highest BCUT2D eigenvalue weighted by Gasteiger charge is 2.24. The Bertz CT molecular complexity index is 1070. The smallest absolute Gasteiger partial charge is 0.277 e. The second kappa shape index (κ2) is 7.86. The first-order valence-electron chi connectivity index (χ1n) is 10.0. The van der Waals surface area contributed by atoms with Crippen molar-refractivity contribution in [1.82, 2.24) is 19.6 Å². The Morgan fingerprint density at radius 2 is 1.97 bits per heavy atom. The maximum atomic E-state index is 13.6. The van der Waals surface area contributed by atoms with E-state index in [4.69, 9.17) is 4.74 Å². The number of hydrogen-bond donors (Lipinski definition) is 1. The molecule has 2 aliphatic rings. The van der Waals surface area contributed by atoms with E-state index in [-0.39, 0.29) is 5.91 Å². The minimum atomic E-state index is -0.849. The number of halogens is 1. The van der Waals surface area contributed by atoms with Gasteiger partial charge < -0.3 is 19.9 Å². The molecule has 0 aromatic carbocycles. The average Bonchev–Trinajstić information content (AvgIpc) is 3.40. The van der Waals surface area contributed by atoms with Gasteiger partial charge in [0.15, 0.2) is 11.3 Å². The summed E-state index contributed by atoms with van der Waals surface area (Å²) < 4.78 is 20.4. The zero-order chi connectivity index (χ0) is 20.5. The zero-order valence-electron chi connectivity index (χ0n) is 16.4. The quantitative estimate of drug-likeness (QED) is 0.700. The molecule has 3 aromatic rings. The lowest BCUT2D eigenvalue weighted by molar-refractivity contribution is 0.102. The van der Waals surface area contributed by atoms with Crippen LogP contribution in [0.5, 0.6) is 0 Å². The first-order valence-corrected chi connectivity index (χ1v) is 10.0. The van der Waals surface area contributed by atoms with Crippen LogP contribution in [0.2, 0.25) is 0 Å². The van der Waals surface area contributed by atoms with Gasteiger partial charge in [-0.3, -0.25) is 4.79 Å². The Kier molecular flexibility index (Phi) is 4.91. The molecule has 0 spiro atoms. The van der Waals surface area contributed by atoms with Gasteiger partial charge in [-0.25, -0.2) is 18.9 Å². The minimum absolute atomic E-state index is 0.293. The van der Waals surface area contributed by atoms with Crippen molar-refractivity contribution in [3.8, 4) is 0 Å². The van der Waals surface area contributed by atoms with Crippen molar-refractivity contribution in [2.75, 3.05) is 54.5 Å². The fraction of sp³-hybridized carbons (Fsp3) is 0.400. The number of hydrogen-bond acceptors (Lipinski definition) is 7. The molecule has 10 heteroatoms. The molecule has 3 aromatic heterocycles. The predicted octanol–water partition coefficient (Wildman–Crippen LogP) is 1.76. The number of imidazole rings is 1. The van der Waals surface area contributed by atoms with Crippen molar-refractivity contribution in [2.45, 2.75) is 12.6 Å². The fourth-order valence-electron chi connectivity index (χ4n) is 3.75. The normalized spacial score (nSPS) is 19.4. The first kappa shape index (κ1) is 18.7. The number of pyridine rings is 1. The van der Waals surface area contributed by atoms with Crippen LogP contribution >= 0.6 is 0 Å². The van der Waals surface area contributed by atoms with Crippen LogP contribution in [0.25, 0.3) is 5.65 Å². The second-order valence-corrected chi connectivity index (χ2v) is 7.37. The largest absolute Gasteiger partial charge is 0.378 e. The van der Waals surface area contributed by atoms with Crippen molar-refractivity contribution in [3.05, 3.63) is 42.2 Å². The van der Waals surface area contributed by atoms with Gasteiger partial charge in [0.25, 0.3) is 5.91 Å². The van der Waals surface area contributed by atoms with Gasteiger partial charge in [-0.2, -0.15) is 0 Å². The van der Waals surface area contributed by atoms with Gasteiger partial charge in [0.1, 0.15) is 23.6 Å². The molecule has 1 N–H and O–H groups in total. The van der Waals surface area contributed by atoms with Gasteiger partial charge in [-0.05, 0) is 30.7 Å². The average molecular weight is 411 g/mol. The SMILES string of the molecule is O=C(Nc1cccc(N2CCOCC2)n1)c1cnc2ccc(N3CC[C@H](F)C3)nn12. The number of carbonyl (C=O) groups excluding carboxylic acids is 1. The van der Waals surface area contributed by atoms with E-state index in [1.165, 1.54) is 10.7 Å². The van der Waals surface area contributed by atoms with Crippen molar-refractivity contribution in [1.29, 1.82) is 0 Å². The molecule has 0 aliphatic carbocycles. The topological polar surface area (TPSA) is 87.9 Å². The maximum absolute atomic E-state index is 13.6. The van der Waals surface area contributed by atoms with Crippen LogP contribution in [0.15, 0.2) is 36.5 Å². The molecule has 0 unspecified atom stereocenters. The number of aromatic nitrogens is 4. The molecular weight excluding hydrogens is 389 g/mol. The fourth-order valence-corrected chi connectivity index (χ4v) is 3.75. The number of carbonyl (C=O) groups is 1. The number of ether oxygens (including phenoxy) is 1. The lowest BCUT2D eigenvalue weighted by Crippen LogP contribution is -2.36. The highest BCUT2D eigenvalue weighted by molar-refractivity contribution is 6.02. The lowest BCUT2D eigenvalue weighted by Gasteiger charge is -2.27. The highest BCUT2D eigenvalue weighted by atomic mass is 19.1. The monoisotopic (exact) mass is 411 g/mol. The summed E-state index contributed by atoms with van der Waals surface area (Å²) in [5, 5.41) is 7.34. The van der Waals surface area contributed by atoms with Crippen LogP contribution in [0.4, 0.5) is 21.8 Å². The predicted molar refractivity (Wildman–Crippen MR) is 110 cm³/mol. The van der Waals surface area contributed by atoms with E-state index in [2.05, 4.69) is 25.3 Å². The van der Waals surface area contributed by atoms with E-state index in [0.717, 1.165) is 18.9 Å². The van der Waals surface area contributed by atoms with Crippen LogP contribution in [-0.2, 0) is 4.74 Å². The summed E-state index contributed by atoms with van der Waals surface area (Å²) in [5.41, 5.74) is 0.844. The molecule has 9 nitrogen and oxygen atoms in total. The van der Waals surface area contributed by atoms with Gasteiger partial charge in [0, 0.05) is 19.6 Å². The number of fused-ring (bicyclic) bond motifs is 1. The van der Waals surface area contributed by atoms with Crippen molar-refractivity contribution in [2.24, 2.45) is 0 Å². The van der Waals surface area contributed by atoms with E-state index >= 15 is 0 Å². The second-order valence-electron chi connectivity index (χ2n) is 7.37. The van der Waals surface area contributed by atoms with Crippen LogP contribution in [0, 0.1) is 0 Å². The van der Waals surface area contributed by atoms with Crippen molar-refractivity contribution in [3.63, 3.8) is 0 Å². The van der Waals surface area contributed by atoms with E-state index < -0.39 is 6.17 Å². The summed E-state index contributed by atoms with van der Waals surface area (Å²) >= 11 is 0. The maximum Gasteiger partial charge on any atom is 0.277 e. The summed E-state index contributed by atoms with van der Waals surface area (Å²) in [6, 6.07) is 9.10. The van der Waals surface area contributed by atoms with Crippen LogP contribution in [0.3, 0.4) is 0 Å². The summed E-state index contributed by atoms with van der Waals surface area (Å²) in [5.74, 6) is 1.52. The Morgan fingerprint density at radius 3 is 2.77 bits per heavy atom. The number of anilines is 3. The first-order chi connectivity index (χ1) is 14.7. The van der Waals surface area contributed by atoms with Gasteiger partial charge in [-0.15, -0.1) is 5.10 Å². The van der Waals surface area contributed by atoms with E-state index in [9.17, 15) is 9.18 Å². The molecule has 156 valence electrons. The van der Waals surface area contributed by atoms with Gasteiger partial charge in [-0.1, -0.05) is 6.07 Å². The highest BCUT2D eigenvalue weighted by Crippen LogP contribution is 2.21. The lowest BCUT2D eigenvalue weighted by atomic mass is 10.3. The van der Waals surface area contributed by atoms with Crippen LogP contribution in [-0.4, -0.2) is 71.1 Å². The number of nitrogens with one attached hydrogen (secondary N) is 1. The standard InChI is InChI=1S/C20H22FN7O2/c21-14-6-7-27(13-14)19-5-4-17-22-12-15(28(17)25-19)20(29)24-16-2-1-3-18(23-16)26-8-10-30-11-9-26/h1-5,12,14H,6-11,13H2,(H,23,24,29)/t14-/m0/s1. The summed E-state index contributed by atoms with van der Waals surface area (Å²) in [6.45, 7) is 3.77. The number of amides is 1. The van der Waals surface area contributed by atoms with E-state index in [1.54, 1.807) is 18.2 Å². The third-order valence-corrected chi connectivity index (χ3v) is 5.35. The third-order valence-electron chi connectivity index (χ3n) is 5.35. The Balaban J connectivity index is 1.37. The molecule has 0 bridgehead atoms. The summed E-state index contributed by atoms with van der Waals surface area (Å²) in [6.07, 6.45) is 1.12. The van der Waals surface area contributed by atoms with Crippen molar-refractivity contribution < 1.29 is 13.9 Å². The molecule has 2 saturated heterocycles. The third kappa shape index (κ3) is 3.65. The Labute approximate surface area is 172 Å². The molecule has 1 amide bonds. The molecule has 1 atom stereocenters. The molecule has 0 saturated carbocycles. The number of morpholine rings is 1. The van der Waals surface area contributed by atoms with Gasteiger partial charge >= 0.3 is 0 Å². The molecule has 5 heterocycles. The number of nitrogens with zero attached hydrogens (tertiary/aromatic N) is 6. The molecule has 5 rings (SSSR count). The number of rotatable bonds is 4. The Hall–Kier alpha value is -3.27. The summed E-state index contributed by atoms with van der Waals surface area (Å²) in [4.78, 5) is 25.7. The molecule has 2 aliphatic heterocycles. The van der Waals surface area contributed by atoms with Crippen LogP contribution < -0.4 is 15.1 Å². The molecule has 30 heavy (non-hydrogen) atoms. The number of alkyl halides is 1. The zero-order valence-corrected chi connectivity index (χ0v) is 16.4. The van der Waals surface area contributed by atoms with Gasteiger partial charge in [0.05, 0.1) is 26.0 Å². The van der Waals surface area contributed by atoms with E-state index in [0.29, 0.717) is 55.7 Å². The summed E-state index contributed by atoms with van der Waals surface area (Å²) in [7, 11) is 0. The van der Waals surface area contributed by atoms with E-state index in [1.807, 2.05) is 17.0 Å². The van der Waals surface area contributed by atoms with Crippen molar-refractivity contribution >= 4 is 29.0 Å². The molecular formula is C20H22FN7O2. The van der Waals surface area contributed by atoms with Crippen LogP contribution in [0.1, 0.15) is 16.9 Å². The van der Waals surface area contributed by atoms with Gasteiger partial charge in [0.2, 0.25) is 0 Å².